The smallest absolute Gasteiger partial charge is 0.255 e. The molecule has 5 rings (SSSR count). The molecular weight excluding hydrogens is 435 g/mol. The minimum Gasteiger partial charge on any atom is -0.456 e. The Morgan fingerprint density at radius 2 is 1.77 bits per heavy atom. The number of rotatable bonds is 1. The van der Waals surface area contributed by atoms with Crippen LogP contribution in [0.4, 0.5) is 5.69 Å². The summed E-state index contributed by atoms with van der Waals surface area (Å²) in [5.41, 5.74) is 4.35. The summed E-state index contributed by atoms with van der Waals surface area (Å²) in [7, 11) is 2.21. The van der Waals surface area contributed by atoms with E-state index in [0.717, 1.165) is 13.9 Å². The fourth-order valence-corrected chi connectivity index (χ4v) is 4.32. The monoisotopic (exact) mass is 455 g/mol. The van der Waals surface area contributed by atoms with Crippen LogP contribution >= 0.6 is 22.9 Å². The van der Waals surface area contributed by atoms with Crippen LogP contribution in [0.3, 0.4) is 0 Å². The molecule has 0 spiro atoms. The third-order valence-corrected chi connectivity index (χ3v) is 6.79. The van der Waals surface area contributed by atoms with Gasteiger partial charge >= 0.3 is 0 Å². The lowest BCUT2D eigenvalue weighted by Gasteiger charge is -2.30. The molecule has 130 valence electrons. The van der Waals surface area contributed by atoms with E-state index < -0.39 is 0 Å². The van der Waals surface area contributed by atoms with Crippen molar-refractivity contribution in [2.45, 2.75) is 20.0 Å². The third-order valence-electron chi connectivity index (χ3n) is 5.66. The summed E-state index contributed by atoms with van der Waals surface area (Å²) in [6, 6.07) is 17.3. The average Bonchev–Trinajstić information content (AvgIpc) is 3.12. The number of hydrogen-bond acceptors (Lipinski definition) is 2. The number of halogens is 1. The normalized spacial score (nSPS) is 22.9. The molecule has 4 aromatic rings. The second kappa shape index (κ2) is 5.47. The van der Waals surface area contributed by atoms with Gasteiger partial charge in [0, 0.05) is 23.3 Å². The van der Waals surface area contributed by atoms with Gasteiger partial charge in [-0.15, -0.1) is 0 Å². The van der Waals surface area contributed by atoms with Gasteiger partial charge in [0.15, 0.2) is 6.17 Å². The Kier molecular flexibility index (Phi) is 3.40. The predicted molar refractivity (Wildman–Crippen MR) is 117 cm³/mol. The predicted octanol–water partition coefficient (Wildman–Crippen LogP) is 6.48. The first-order valence-electron chi connectivity index (χ1n) is 8.83. The van der Waals surface area contributed by atoms with Crippen molar-refractivity contribution in [2.24, 2.45) is 0 Å². The molecule has 2 heterocycles. The van der Waals surface area contributed by atoms with Crippen LogP contribution in [0.5, 0.6) is 0 Å². The van der Waals surface area contributed by atoms with Crippen LogP contribution in [-0.4, -0.2) is 15.9 Å². The highest BCUT2D eigenvalue weighted by atomic mass is 127. The minimum atomic E-state index is 0.346. The summed E-state index contributed by atoms with van der Waals surface area (Å²) in [6.07, 6.45) is 4.75. The van der Waals surface area contributed by atoms with Gasteiger partial charge in [0.2, 0.25) is 0 Å². The maximum Gasteiger partial charge on any atom is 0.255 e. The van der Waals surface area contributed by atoms with E-state index in [0.29, 0.717) is 6.17 Å². The number of hydrogen-bond donors (Lipinski definition) is 0. The van der Waals surface area contributed by atoms with Gasteiger partial charge in [-0.2, -0.15) is 0 Å². The van der Waals surface area contributed by atoms with Crippen LogP contribution in [0, 0.1) is 6.92 Å². The fourth-order valence-electron chi connectivity index (χ4n) is 3.91. The molecule has 2 atom stereocenters. The molecule has 0 N–H and O–H groups in total. The lowest BCUT2D eigenvalue weighted by atomic mass is 10.0. The highest BCUT2D eigenvalue weighted by Crippen LogP contribution is 2.40. The van der Waals surface area contributed by atoms with Crippen molar-refractivity contribution in [2.75, 3.05) is 11.9 Å². The molecule has 1 aliphatic rings. The van der Waals surface area contributed by atoms with Crippen molar-refractivity contribution in [3.05, 3.63) is 66.5 Å². The Bertz CT molecular complexity index is 1210. The van der Waals surface area contributed by atoms with Crippen molar-refractivity contribution in [1.29, 1.82) is 0 Å². The van der Waals surface area contributed by atoms with E-state index >= 15 is 0 Å². The number of furan rings is 1. The quantitative estimate of drug-likeness (QED) is 0.241. The van der Waals surface area contributed by atoms with Crippen molar-refractivity contribution < 1.29 is 7.11 Å². The maximum absolute atomic E-state index is 6.32. The van der Waals surface area contributed by atoms with Gasteiger partial charge in [-0.25, -0.2) is 2.70 Å². The number of nitrogens with zero attached hydrogens (tertiary/aromatic N) is 2. The zero-order valence-electron chi connectivity index (χ0n) is 15.0. The summed E-state index contributed by atoms with van der Waals surface area (Å²) in [5.74, 6) is 0. The van der Waals surface area contributed by atoms with Crippen LogP contribution in [0.1, 0.15) is 12.5 Å². The van der Waals surface area contributed by atoms with Crippen LogP contribution in [0.25, 0.3) is 32.7 Å². The van der Waals surface area contributed by atoms with Gasteiger partial charge in [0.25, 0.3) is 22.9 Å². The van der Waals surface area contributed by atoms with Crippen LogP contribution in [0.15, 0.2) is 65.3 Å². The van der Waals surface area contributed by atoms with E-state index in [1.54, 1.807) is 0 Å². The largest absolute Gasteiger partial charge is 0.456 e. The van der Waals surface area contributed by atoms with E-state index in [2.05, 4.69) is 110 Å². The van der Waals surface area contributed by atoms with Crippen LogP contribution in [0.2, 0.25) is 0 Å². The molecular formula is C22H20IN2O+. The second-order valence-electron chi connectivity index (χ2n) is 7.25. The third kappa shape index (κ3) is 2.21. The molecule has 0 aliphatic carbocycles. The Hall–Kier alpha value is -2.05. The highest BCUT2D eigenvalue weighted by molar-refractivity contribution is 14.1. The Balaban J connectivity index is 1.74. The first-order chi connectivity index (χ1) is 12.5. The summed E-state index contributed by atoms with van der Waals surface area (Å²) in [5, 5.41) is 4.84. The second-order valence-corrected chi connectivity index (χ2v) is 9.33. The Morgan fingerprint density at radius 1 is 1.04 bits per heavy atom. The van der Waals surface area contributed by atoms with E-state index in [1.165, 1.54) is 32.8 Å². The van der Waals surface area contributed by atoms with Crippen LogP contribution < -0.4 is 4.90 Å². The molecule has 1 unspecified atom stereocenters. The van der Waals surface area contributed by atoms with E-state index in [9.17, 15) is 0 Å². The number of fused-ring (bicyclic) bond motifs is 4. The Morgan fingerprint density at radius 3 is 2.46 bits per heavy atom. The molecule has 0 bridgehead atoms. The first-order valence-corrected chi connectivity index (χ1v) is 9.80. The molecule has 4 heteroatoms. The van der Waals surface area contributed by atoms with Crippen molar-refractivity contribution in [3.8, 4) is 0 Å². The zero-order chi connectivity index (χ0) is 18.1. The van der Waals surface area contributed by atoms with Gasteiger partial charge < -0.3 is 4.42 Å². The van der Waals surface area contributed by atoms with E-state index in [4.69, 9.17) is 4.42 Å². The molecule has 0 saturated carbocycles. The summed E-state index contributed by atoms with van der Waals surface area (Å²) < 4.78 is 7.14. The molecule has 1 aromatic heterocycles. The molecule has 26 heavy (non-hydrogen) atoms. The minimum absolute atomic E-state index is 0.346. The molecule has 3 aromatic carbocycles. The van der Waals surface area contributed by atoms with Crippen molar-refractivity contribution in [1.82, 2.24) is 0 Å². The molecule has 0 fully saturated rings. The summed E-state index contributed by atoms with van der Waals surface area (Å²) >= 11 is 2.47. The fraction of sp³-hybridized carbons (Fsp3) is 0.182. The van der Waals surface area contributed by atoms with Crippen molar-refractivity contribution >= 4 is 61.3 Å². The number of benzene rings is 3. The molecule has 1 aliphatic heterocycles. The molecule has 0 amide bonds. The van der Waals surface area contributed by atoms with Gasteiger partial charge in [-0.05, 0) is 42.0 Å². The van der Waals surface area contributed by atoms with Gasteiger partial charge in [0.1, 0.15) is 17.4 Å². The van der Waals surface area contributed by atoms with E-state index in [1.807, 2.05) is 0 Å². The highest BCUT2D eigenvalue weighted by Gasteiger charge is 2.36. The molecule has 3 nitrogen and oxygen atoms in total. The molecule has 0 radical (unpaired) electrons. The van der Waals surface area contributed by atoms with Gasteiger partial charge in [-0.1, -0.05) is 24.3 Å². The topological polar surface area (TPSA) is 16.4 Å². The SMILES string of the molecule is Cc1c(N2C=C[N+](C)(I)[C@@H]2C)ccc2c1oc1cc3ccccc3cc12. The first kappa shape index (κ1) is 16.1. The van der Waals surface area contributed by atoms with Gasteiger partial charge in [0.05, 0.1) is 18.9 Å². The Labute approximate surface area is 166 Å². The van der Waals surface area contributed by atoms with Gasteiger partial charge in [-0.3, -0.25) is 4.90 Å². The van der Waals surface area contributed by atoms with Crippen LogP contribution in [-0.2, 0) is 0 Å². The van der Waals surface area contributed by atoms with Crippen molar-refractivity contribution in [3.63, 3.8) is 0 Å². The standard InChI is InChI=1S/C22H20IN2O/c1-14-20(24-10-11-25(3,23)15(24)2)9-8-18-19-12-16-6-4-5-7-17(16)13-21(19)26-22(14)18/h4-13,15H,1-3H3/q+1/t15-,25?/m1/s1. The number of anilines is 1. The average molecular weight is 455 g/mol. The summed E-state index contributed by atoms with van der Waals surface area (Å²) in [4.78, 5) is 2.34. The lowest BCUT2D eigenvalue weighted by molar-refractivity contribution is -0.692. The zero-order valence-corrected chi connectivity index (χ0v) is 17.2. The maximum atomic E-state index is 6.32. The number of aryl methyl sites for hydroxylation is 1. The number of quaternary nitrogens is 1. The van der Waals surface area contributed by atoms with E-state index in [-0.39, 0.29) is 0 Å². The summed E-state index contributed by atoms with van der Waals surface area (Å²) in [6.45, 7) is 4.41. The lowest BCUT2D eigenvalue weighted by Crippen LogP contribution is -2.41. The molecule has 0 saturated heterocycles.